The van der Waals surface area contributed by atoms with Gasteiger partial charge in [0, 0.05) is 32.7 Å². The minimum absolute atomic E-state index is 0.680. The van der Waals surface area contributed by atoms with Crippen molar-refractivity contribution in [2.24, 2.45) is 0 Å². The molecule has 0 aromatic carbocycles. The fourth-order valence-electron chi connectivity index (χ4n) is 2.17. The number of nitrogens with zero attached hydrogens (tertiary/aromatic N) is 4. The highest BCUT2D eigenvalue weighted by Gasteiger charge is 2.23. The van der Waals surface area contributed by atoms with E-state index in [2.05, 4.69) is 39.2 Å². The van der Waals surface area contributed by atoms with E-state index in [1.807, 2.05) is 13.2 Å². The van der Waals surface area contributed by atoms with E-state index < -0.39 is 0 Å². The second-order valence-corrected chi connectivity index (χ2v) is 4.78. The predicted molar refractivity (Wildman–Crippen MR) is 68.9 cm³/mol. The zero-order valence-electron chi connectivity index (χ0n) is 10.8. The largest absolute Gasteiger partial charge is 0.372 e. The lowest BCUT2D eigenvalue weighted by Gasteiger charge is -2.20. The van der Waals surface area contributed by atoms with Crippen molar-refractivity contribution in [3.8, 4) is 0 Å². The zero-order valence-corrected chi connectivity index (χ0v) is 10.8. The Balaban J connectivity index is 1.89. The number of nitrogens with one attached hydrogen (secondary N) is 1. The summed E-state index contributed by atoms with van der Waals surface area (Å²) in [4.78, 5) is 13.4. The minimum Gasteiger partial charge on any atom is -0.372 e. The first-order valence-corrected chi connectivity index (χ1v) is 6.06. The van der Waals surface area contributed by atoms with Gasteiger partial charge in [0.15, 0.2) is 0 Å². The molecule has 2 heterocycles. The maximum atomic E-state index is 4.40. The Morgan fingerprint density at radius 1 is 1.41 bits per heavy atom. The highest BCUT2D eigenvalue weighted by molar-refractivity contribution is 5.29. The Hall–Kier alpha value is -1.20. The van der Waals surface area contributed by atoms with E-state index in [9.17, 15) is 0 Å². The van der Waals surface area contributed by atoms with Crippen molar-refractivity contribution >= 4 is 5.82 Å². The van der Waals surface area contributed by atoms with Gasteiger partial charge in [0.1, 0.15) is 5.82 Å². The first-order chi connectivity index (χ1) is 8.19. The maximum absolute atomic E-state index is 4.40. The van der Waals surface area contributed by atoms with Gasteiger partial charge in [-0.2, -0.15) is 0 Å². The Bertz CT molecular complexity index is 348. The number of anilines is 1. The molecule has 1 saturated heterocycles. The summed E-state index contributed by atoms with van der Waals surface area (Å²) >= 11 is 0. The average molecular weight is 235 g/mol. The van der Waals surface area contributed by atoms with E-state index in [1.165, 1.54) is 6.42 Å². The summed E-state index contributed by atoms with van der Waals surface area (Å²) < 4.78 is 0. The van der Waals surface area contributed by atoms with Crippen LogP contribution < -0.4 is 5.32 Å². The summed E-state index contributed by atoms with van der Waals surface area (Å²) in [6, 6.07) is 0.680. The van der Waals surface area contributed by atoms with Crippen molar-refractivity contribution in [2.75, 3.05) is 39.5 Å². The fraction of sp³-hybridized carbons (Fsp3) is 0.667. The Morgan fingerprint density at radius 2 is 2.24 bits per heavy atom. The number of likely N-dealkylation sites (tertiary alicyclic amines) is 1. The molecule has 1 aliphatic heterocycles. The van der Waals surface area contributed by atoms with E-state index in [0.717, 1.165) is 31.1 Å². The number of rotatable bonds is 4. The summed E-state index contributed by atoms with van der Waals surface area (Å²) in [7, 11) is 6.15. The molecule has 1 aliphatic rings. The smallest absolute Gasteiger partial charge is 0.144 e. The molecule has 2 rings (SSSR count). The molecular weight excluding hydrogens is 214 g/mol. The second-order valence-electron chi connectivity index (χ2n) is 4.78. The number of likely N-dealkylation sites (N-methyl/N-ethyl adjacent to an activating group) is 1. The van der Waals surface area contributed by atoms with Crippen LogP contribution in [0, 0.1) is 0 Å². The first kappa shape index (κ1) is 12.3. The standard InChI is InChI=1S/C12H21N5/c1-13-12-7-14-10(6-15-12)8-17-5-4-11(9-17)16(2)3/h6-7,11H,4-5,8-9H2,1-3H3,(H,13,15). The average Bonchev–Trinajstić information content (AvgIpc) is 2.79. The predicted octanol–water partition coefficient (Wildman–Crippen LogP) is 0.654. The normalized spacial score (nSPS) is 21.1. The lowest BCUT2D eigenvalue weighted by Crippen LogP contribution is -2.31. The minimum atomic E-state index is 0.680. The molecule has 0 amide bonds. The molecule has 0 aliphatic carbocycles. The fourth-order valence-corrected chi connectivity index (χ4v) is 2.17. The van der Waals surface area contributed by atoms with Crippen molar-refractivity contribution in [3.05, 3.63) is 18.1 Å². The third kappa shape index (κ3) is 3.14. The van der Waals surface area contributed by atoms with Crippen LogP contribution in [-0.2, 0) is 6.54 Å². The molecule has 5 nitrogen and oxygen atoms in total. The van der Waals surface area contributed by atoms with Crippen LogP contribution in [0.3, 0.4) is 0 Å². The van der Waals surface area contributed by atoms with Crippen molar-refractivity contribution in [1.82, 2.24) is 19.8 Å². The molecule has 1 aromatic rings. The monoisotopic (exact) mass is 235 g/mol. The lowest BCUT2D eigenvalue weighted by molar-refractivity contribution is 0.263. The molecule has 0 bridgehead atoms. The van der Waals surface area contributed by atoms with Crippen LogP contribution in [0.4, 0.5) is 5.82 Å². The van der Waals surface area contributed by atoms with Gasteiger partial charge in [-0.25, -0.2) is 4.98 Å². The molecule has 0 radical (unpaired) electrons. The van der Waals surface area contributed by atoms with Crippen molar-refractivity contribution in [1.29, 1.82) is 0 Å². The molecule has 0 spiro atoms. The molecule has 1 atom stereocenters. The quantitative estimate of drug-likeness (QED) is 0.830. The third-order valence-electron chi connectivity index (χ3n) is 3.32. The Morgan fingerprint density at radius 3 is 2.76 bits per heavy atom. The molecule has 94 valence electrons. The van der Waals surface area contributed by atoms with Crippen molar-refractivity contribution in [2.45, 2.75) is 19.0 Å². The van der Waals surface area contributed by atoms with Gasteiger partial charge in [-0.05, 0) is 20.5 Å². The lowest BCUT2D eigenvalue weighted by atomic mass is 10.2. The van der Waals surface area contributed by atoms with Crippen LogP contribution in [0.5, 0.6) is 0 Å². The molecule has 1 unspecified atom stereocenters. The van der Waals surface area contributed by atoms with Crippen molar-refractivity contribution < 1.29 is 0 Å². The summed E-state index contributed by atoms with van der Waals surface area (Å²) in [5.41, 5.74) is 1.04. The Kier molecular flexibility index (Phi) is 3.91. The summed E-state index contributed by atoms with van der Waals surface area (Å²) in [6.07, 6.45) is 4.89. The molecule has 5 heteroatoms. The van der Waals surface area contributed by atoms with E-state index in [0.29, 0.717) is 6.04 Å². The van der Waals surface area contributed by atoms with E-state index in [4.69, 9.17) is 0 Å². The van der Waals surface area contributed by atoms with Crippen molar-refractivity contribution in [3.63, 3.8) is 0 Å². The number of aromatic nitrogens is 2. The van der Waals surface area contributed by atoms with Gasteiger partial charge in [-0.3, -0.25) is 9.88 Å². The Labute approximate surface area is 103 Å². The van der Waals surface area contributed by atoms with Gasteiger partial charge >= 0.3 is 0 Å². The molecular formula is C12H21N5. The highest BCUT2D eigenvalue weighted by Crippen LogP contribution is 2.15. The first-order valence-electron chi connectivity index (χ1n) is 6.06. The van der Waals surface area contributed by atoms with Gasteiger partial charge in [0.25, 0.3) is 0 Å². The second kappa shape index (κ2) is 5.42. The van der Waals surface area contributed by atoms with Gasteiger partial charge in [0.05, 0.1) is 18.1 Å². The van der Waals surface area contributed by atoms with Gasteiger partial charge in [-0.15, -0.1) is 0 Å². The number of hydrogen-bond donors (Lipinski definition) is 1. The topological polar surface area (TPSA) is 44.3 Å². The molecule has 0 saturated carbocycles. The van der Waals surface area contributed by atoms with E-state index in [-0.39, 0.29) is 0 Å². The summed E-state index contributed by atoms with van der Waals surface area (Å²) in [5.74, 6) is 0.821. The SMILES string of the molecule is CNc1cnc(CN2CCC(N(C)C)C2)cn1. The van der Waals surface area contributed by atoms with Crippen LogP contribution in [0.15, 0.2) is 12.4 Å². The van der Waals surface area contributed by atoms with Crippen LogP contribution >= 0.6 is 0 Å². The number of hydrogen-bond acceptors (Lipinski definition) is 5. The van der Waals surface area contributed by atoms with Crippen LogP contribution in [-0.4, -0.2) is 60.0 Å². The summed E-state index contributed by atoms with van der Waals surface area (Å²) in [6.45, 7) is 3.18. The maximum Gasteiger partial charge on any atom is 0.144 e. The van der Waals surface area contributed by atoms with Crippen LogP contribution in [0.1, 0.15) is 12.1 Å². The molecule has 1 fully saturated rings. The molecule has 17 heavy (non-hydrogen) atoms. The van der Waals surface area contributed by atoms with E-state index >= 15 is 0 Å². The van der Waals surface area contributed by atoms with Gasteiger partial charge in [0.2, 0.25) is 0 Å². The highest BCUT2D eigenvalue weighted by atomic mass is 15.2. The van der Waals surface area contributed by atoms with Crippen LogP contribution in [0.25, 0.3) is 0 Å². The molecule has 1 aromatic heterocycles. The summed E-state index contributed by atoms with van der Waals surface area (Å²) in [5, 5.41) is 2.98. The zero-order chi connectivity index (χ0) is 12.3. The van der Waals surface area contributed by atoms with Gasteiger partial charge in [-0.1, -0.05) is 0 Å². The van der Waals surface area contributed by atoms with E-state index in [1.54, 1.807) is 6.20 Å². The van der Waals surface area contributed by atoms with Gasteiger partial charge < -0.3 is 10.2 Å². The third-order valence-corrected chi connectivity index (χ3v) is 3.32. The molecule has 1 N–H and O–H groups in total. The van der Waals surface area contributed by atoms with Crippen LogP contribution in [0.2, 0.25) is 0 Å².